The number of Topliss-reactive ketones (excluding diaryl/α,β-unsaturated/α-hetero) is 1. The van der Waals surface area contributed by atoms with Crippen molar-refractivity contribution in [2.75, 3.05) is 7.11 Å². The van der Waals surface area contributed by atoms with Gasteiger partial charge in [-0.15, -0.1) is 11.3 Å². The molecule has 0 radical (unpaired) electrons. The van der Waals surface area contributed by atoms with E-state index in [1.165, 1.54) is 24.8 Å². The third-order valence-corrected chi connectivity index (χ3v) is 4.88. The number of nitrogens with zero attached hydrogens (tertiary/aromatic N) is 1. The molecule has 0 saturated heterocycles. The predicted octanol–water partition coefficient (Wildman–Crippen LogP) is 4.02. The first-order valence-corrected chi connectivity index (χ1v) is 7.25. The number of rotatable bonds is 5. The lowest BCUT2D eigenvalue weighted by atomic mass is 10.3. The fourth-order valence-electron chi connectivity index (χ4n) is 1.51. The minimum atomic E-state index is -0.467. The molecule has 1 heterocycles. The predicted molar refractivity (Wildman–Crippen MR) is 78.1 cm³/mol. The smallest absolute Gasteiger partial charge is 0.294 e. The SMILES string of the molecule is COc1cccc(Sc2sc(C(C)=O)cc2[N+](=O)[O-])c1. The molecule has 20 heavy (non-hydrogen) atoms. The van der Waals surface area contributed by atoms with Gasteiger partial charge >= 0.3 is 0 Å². The minimum Gasteiger partial charge on any atom is -0.497 e. The number of thiophene rings is 1. The first kappa shape index (κ1) is 14.5. The van der Waals surface area contributed by atoms with Gasteiger partial charge in [0.2, 0.25) is 0 Å². The van der Waals surface area contributed by atoms with Gasteiger partial charge < -0.3 is 4.74 Å². The van der Waals surface area contributed by atoms with Crippen molar-refractivity contribution >= 4 is 34.6 Å². The van der Waals surface area contributed by atoms with Crippen LogP contribution in [0.5, 0.6) is 5.75 Å². The second kappa shape index (κ2) is 6.06. The van der Waals surface area contributed by atoms with Crippen molar-refractivity contribution in [2.24, 2.45) is 0 Å². The largest absolute Gasteiger partial charge is 0.497 e. The number of methoxy groups -OCH3 is 1. The molecule has 7 heteroatoms. The highest BCUT2D eigenvalue weighted by atomic mass is 32.2. The molecule has 0 amide bonds. The molecule has 5 nitrogen and oxygen atoms in total. The van der Waals surface area contributed by atoms with Gasteiger partial charge in [-0.25, -0.2) is 0 Å². The third kappa shape index (κ3) is 3.17. The van der Waals surface area contributed by atoms with E-state index in [0.29, 0.717) is 14.8 Å². The van der Waals surface area contributed by atoms with Crippen molar-refractivity contribution in [1.29, 1.82) is 0 Å². The molecule has 0 aliphatic heterocycles. The summed E-state index contributed by atoms with van der Waals surface area (Å²) in [5, 5.41) is 11.0. The Morgan fingerprint density at radius 3 is 2.75 bits per heavy atom. The van der Waals surface area contributed by atoms with E-state index in [2.05, 4.69) is 0 Å². The van der Waals surface area contributed by atoms with Gasteiger partial charge in [0, 0.05) is 11.0 Å². The Labute approximate surface area is 123 Å². The summed E-state index contributed by atoms with van der Waals surface area (Å²) < 4.78 is 5.61. The average molecular weight is 309 g/mol. The summed E-state index contributed by atoms with van der Waals surface area (Å²) in [6.45, 7) is 1.40. The number of nitro groups is 1. The number of hydrogen-bond acceptors (Lipinski definition) is 6. The molecule has 0 unspecified atom stereocenters. The lowest BCUT2D eigenvalue weighted by molar-refractivity contribution is -0.387. The Morgan fingerprint density at radius 2 is 2.15 bits per heavy atom. The summed E-state index contributed by atoms with van der Waals surface area (Å²) in [4.78, 5) is 23.1. The molecule has 2 rings (SSSR count). The molecular formula is C13H11NO4S2. The van der Waals surface area contributed by atoms with Gasteiger partial charge in [0.05, 0.1) is 16.9 Å². The number of carbonyl (C=O) groups is 1. The van der Waals surface area contributed by atoms with E-state index in [-0.39, 0.29) is 11.5 Å². The zero-order chi connectivity index (χ0) is 14.7. The number of ether oxygens (including phenoxy) is 1. The van der Waals surface area contributed by atoms with E-state index < -0.39 is 4.92 Å². The molecule has 104 valence electrons. The molecule has 2 aromatic rings. The molecule has 1 aromatic heterocycles. The molecule has 0 saturated carbocycles. The summed E-state index contributed by atoms with van der Waals surface area (Å²) in [6.07, 6.45) is 0. The summed E-state index contributed by atoms with van der Waals surface area (Å²) in [5.74, 6) is 0.511. The highest BCUT2D eigenvalue weighted by Crippen LogP contribution is 2.42. The molecule has 0 aliphatic rings. The Balaban J connectivity index is 2.36. The first-order valence-electron chi connectivity index (χ1n) is 5.62. The van der Waals surface area contributed by atoms with Crippen LogP contribution in [0.2, 0.25) is 0 Å². The Kier molecular flexibility index (Phi) is 4.41. The molecular weight excluding hydrogens is 298 g/mol. The fraction of sp³-hybridized carbons (Fsp3) is 0.154. The van der Waals surface area contributed by atoms with Gasteiger partial charge in [-0.2, -0.15) is 0 Å². The normalized spacial score (nSPS) is 10.3. The standard InChI is InChI=1S/C13H11NO4S2/c1-8(15)12-7-11(14(16)17)13(20-12)19-10-5-3-4-9(6-10)18-2/h3-7H,1-2H3. The van der Waals surface area contributed by atoms with Gasteiger partial charge in [0.25, 0.3) is 5.69 Å². The van der Waals surface area contributed by atoms with Crippen molar-refractivity contribution in [3.8, 4) is 5.75 Å². The van der Waals surface area contributed by atoms with E-state index in [0.717, 1.165) is 16.2 Å². The van der Waals surface area contributed by atoms with Crippen LogP contribution in [0.15, 0.2) is 39.4 Å². The quantitative estimate of drug-likeness (QED) is 0.474. The number of carbonyl (C=O) groups excluding carboxylic acids is 1. The summed E-state index contributed by atoms with van der Waals surface area (Å²) in [7, 11) is 1.56. The van der Waals surface area contributed by atoms with Crippen LogP contribution in [-0.2, 0) is 0 Å². The maximum atomic E-state index is 11.3. The monoisotopic (exact) mass is 309 g/mol. The van der Waals surface area contributed by atoms with Crippen LogP contribution in [0.3, 0.4) is 0 Å². The van der Waals surface area contributed by atoms with Crippen LogP contribution in [0, 0.1) is 10.1 Å². The van der Waals surface area contributed by atoms with E-state index in [4.69, 9.17) is 4.74 Å². The Morgan fingerprint density at radius 1 is 1.40 bits per heavy atom. The van der Waals surface area contributed by atoms with E-state index in [1.807, 2.05) is 12.1 Å². The second-order valence-electron chi connectivity index (χ2n) is 3.88. The first-order chi connectivity index (χ1) is 9.51. The minimum absolute atomic E-state index is 0.0342. The van der Waals surface area contributed by atoms with Crippen LogP contribution in [0.4, 0.5) is 5.69 Å². The summed E-state index contributed by atoms with van der Waals surface area (Å²) in [6, 6.07) is 8.57. The Hall–Kier alpha value is -1.86. The lowest BCUT2D eigenvalue weighted by Gasteiger charge is -2.02. The Bertz CT molecular complexity index is 666. The van der Waals surface area contributed by atoms with E-state index in [1.54, 1.807) is 19.2 Å². The van der Waals surface area contributed by atoms with Crippen LogP contribution in [0.1, 0.15) is 16.6 Å². The van der Waals surface area contributed by atoms with Gasteiger partial charge in [-0.05, 0) is 25.1 Å². The zero-order valence-corrected chi connectivity index (χ0v) is 12.4. The number of hydrogen-bond donors (Lipinski definition) is 0. The zero-order valence-electron chi connectivity index (χ0n) is 10.8. The van der Waals surface area contributed by atoms with Crippen molar-refractivity contribution in [3.63, 3.8) is 0 Å². The van der Waals surface area contributed by atoms with Crippen LogP contribution >= 0.6 is 23.1 Å². The van der Waals surface area contributed by atoms with E-state index in [9.17, 15) is 14.9 Å². The maximum Gasteiger partial charge on any atom is 0.294 e. The molecule has 0 N–H and O–H groups in total. The second-order valence-corrected chi connectivity index (χ2v) is 6.27. The van der Waals surface area contributed by atoms with Crippen LogP contribution in [-0.4, -0.2) is 17.8 Å². The fourth-order valence-corrected chi connectivity index (χ4v) is 3.76. The van der Waals surface area contributed by atoms with Crippen molar-refractivity contribution < 1.29 is 14.5 Å². The summed E-state index contributed by atoms with van der Waals surface area (Å²) in [5.41, 5.74) is -0.0342. The van der Waals surface area contributed by atoms with Gasteiger partial charge in [0.15, 0.2) is 5.78 Å². The van der Waals surface area contributed by atoms with Crippen molar-refractivity contribution in [1.82, 2.24) is 0 Å². The molecule has 0 atom stereocenters. The van der Waals surface area contributed by atoms with Crippen LogP contribution < -0.4 is 4.74 Å². The van der Waals surface area contributed by atoms with Crippen molar-refractivity contribution in [3.05, 3.63) is 45.3 Å². The molecule has 1 aromatic carbocycles. The van der Waals surface area contributed by atoms with Gasteiger partial charge in [-0.3, -0.25) is 14.9 Å². The molecule has 0 spiro atoms. The summed E-state index contributed by atoms with van der Waals surface area (Å²) >= 11 is 2.39. The van der Waals surface area contributed by atoms with E-state index >= 15 is 0 Å². The number of ketones is 1. The average Bonchev–Trinajstić information content (AvgIpc) is 2.83. The third-order valence-electron chi connectivity index (χ3n) is 2.48. The number of benzene rings is 1. The van der Waals surface area contributed by atoms with Gasteiger partial charge in [0.1, 0.15) is 9.96 Å². The van der Waals surface area contributed by atoms with Crippen LogP contribution in [0.25, 0.3) is 0 Å². The molecule has 0 aliphatic carbocycles. The van der Waals surface area contributed by atoms with Gasteiger partial charge in [-0.1, -0.05) is 17.8 Å². The molecule has 0 bridgehead atoms. The lowest BCUT2D eigenvalue weighted by Crippen LogP contribution is -1.88. The highest BCUT2D eigenvalue weighted by Gasteiger charge is 2.21. The highest BCUT2D eigenvalue weighted by molar-refractivity contribution is 8.01. The van der Waals surface area contributed by atoms with Crippen molar-refractivity contribution in [2.45, 2.75) is 16.0 Å². The topological polar surface area (TPSA) is 69.4 Å². The molecule has 0 fully saturated rings. The maximum absolute atomic E-state index is 11.3.